The predicted molar refractivity (Wildman–Crippen MR) is 91.8 cm³/mol. The molecule has 0 aliphatic heterocycles. The van der Waals surface area contributed by atoms with E-state index in [1.54, 1.807) is 12.1 Å². The quantitative estimate of drug-likeness (QED) is 0.754. The molecule has 6 nitrogen and oxygen atoms in total. The van der Waals surface area contributed by atoms with Gasteiger partial charge in [-0.2, -0.15) is 0 Å². The third-order valence-electron chi connectivity index (χ3n) is 3.57. The van der Waals surface area contributed by atoms with E-state index >= 15 is 0 Å². The van der Waals surface area contributed by atoms with Gasteiger partial charge in [-0.3, -0.25) is 4.79 Å². The number of carboxylic acids is 1. The molecule has 0 atom stereocenters. The number of rotatable bonds is 5. The van der Waals surface area contributed by atoms with Crippen molar-refractivity contribution in [1.29, 1.82) is 0 Å². The molecule has 0 bridgehead atoms. The van der Waals surface area contributed by atoms with Crippen molar-refractivity contribution in [2.24, 2.45) is 0 Å². The fourth-order valence-electron chi connectivity index (χ4n) is 2.41. The molecule has 0 unspecified atom stereocenters. The molecule has 1 aromatic heterocycles. The zero-order chi connectivity index (χ0) is 18.0. The van der Waals surface area contributed by atoms with Crippen LogP contribution in [-0.4, -0.2) is 30.7 Å². The first kappa shape index (κ1) is 16.9. The Kier molecular flexibility index (Phi) is 4.41. The van der Waals surface area contributed by atoms with Crippen LogP contribution in [0.3, 0.4) is 0 Å². The Labute approximate surface area is 144 Å². The van der Waals surface area contributed by atoms with Crippen molar-refractivity contribution in [3.63, 3.8) is 0 Å². The van der Waals surface area contributed by atoms with Gasteiger partial charge in [0.15, 0.2) is 15.6 Å². The summed E-state index contributed by atoms with van der Waals surface area (Å²) < 4.78 is 28.8. The minimum Gasteiger partial charge on any atom is -0.481 e. The molecule has 128 valence electrons. The number of benzene rings is 2. The highest BCUT2D eigenvalue weighted by molar-refractivity contribution is 7.90. The summed E-state index contributed by atoms with van der Waals surface area (Å²) in [6.45, 7) is 0. The normalized spacial score (nSPS) is 11.4. The minimum absolute atomic E-state index is 0.0912. The summed E-state index contributed by atoms with van der Waals surface area (Å²) in [6.07, 6.45) is 0.804. The van der Waals surface area contributed by atoms with Crippen LogP contribution in [0.2, 0.25) is 0 Å². The number of hydrogen-bond acceptors (Lipinski definition) is 5. The molecule has 0 aliphatic rings. The summed E-state index contributed by atoms with van der Waals surface area (Å²) in [7, 11) is -3.30. The maximum atomic E-state index is 11.6. The van der Waals surface area contributed by atoms with Gasteiger partial charge in [0.25, 0.3) is 0 Å². The van der Waals surface area contributed by atoms with Crippen molar-refractivity contribution in [3.8, 4) is 22.6 Å². The smallest absolute Gasteiger partial charge is 0.312 e. The van der Waals surface area contributed by atoms with Gasteiger partial charge in [0.1, 0.15) is 12.1 Å². The predicted octanol–water partition coefficient (Wildman–Crippen LogP) is 3.04. The number of hydrogen-bond donors (Lipinski definition) is 1. The van der Waals surface area contributed by atoms with Gasteiger partial charge < -0.3 is 9.52 Å². The highest BCUT2D eigenvalue weighted by Gasteiger charge is 2.19. The molecule has 3 rings (SSSR count). The van der Waals surface area contributed by atoms with Crippen LogP contribution in [0.1, 0.15) is 5.89 Å². The Morgan fingerprint density at radius 2 is 1.68 bits per heavy atom. The first-order valence-corrected chi connectivity index (χ1v) is 9.31. The van der Waals surface area contributed by atoms with E-state index in [1.807, 2.05) is 30.3 Å². The Hall–Kier alpha value is -2.93. The Bertz CT molecular complexity index is 1010. The van der Waals surface area contributed by atoms with E-state index in [-0.39, 0.29) is 17.2 Å². The lowest BCUT2D eigenvalue weighted by Crippen LogP contribution is -1.99. The van der Waals surface area contributed by atoms with Gasteiger partial charge in [0, 0.05) is 17.4 Å². The lowest BCUT2D eigenvalue weighted by Gasteiger charge is -2.03. The van der Waals surface area contributed by atoms with E-state index in [0.29, 0.717) is 17.0 Å². The van der Waals surface area contributed by atoms with Gasteiger partial charge in [-0.15, -0.1) is 0 Å². The van der Waals surface area contributed by atoms with Crippen LogP contribution in [0.25, 0.3) is 22.6 Å². The van der Waals surface area contributed by atoms with Crippen LogP contribution in [0, 0.1) is 0 Å². The number of carbonyl (C=O) groups is 1. The molecule has 0 radical (unpaired) electrons. The topological polar surface area (TPSA) is 97.5 Å². The molecule has 0 fully saturated rings. The summed E-state index contributed by atoms with van der Waals surface area (Å²) >= 11 is 0. The molecule has 0 aliphatic carbocycles. The average Bonchev–Trinajstić information content (AvgIpc) is 2.98. The fourth-order valence-corrected chi connectivity index (χ4v) is 3.04. The summed E-state index contributed by atoms with van der Waals surface area (Å²) in [5, 5.41) is 8.97. The van der Waals surface area contributed by atoms with Crippen LogP contribution < -0.4 is 0 Å². The van der Waals surface area contributed by atoms with Crippen LogP contribution in [0.5, 0.6) is 0 Å². The Balaban J connectivity index is 2.11. The van der Waals surface area contributed by atoms with Crippen molar-refractivity contribution in [2.45, 2.75) is 11.3 Å². The highest BCUT2D eigenvalue weighted by atomic mass is 32.2. The fraction of sp³-hybridized carbons (Fsp3) is 0.111. The number of sulfone groups is 1. The van der Waals surface area contributed by atoms with Gasteiger partial charge in [-0.25, -0.2) is 13.4 Å². The number of nitrogens with zero attached hydrogens (tertiary/aromatic N) is 1. The first-order valence-electron chi connectivity index (χ1n) is 7.42. The van der Waals surface area contributed by atoms with Crippen molar-refractivity contribution in [3.05, 3.63) is 60.5 Å². The highest BCUT2D eigenvalue weighted by Crippen LogP contribution is 2.33. The number of aliphatic carboxylic acids is 1. The van der Waals surface area contributed by atoms with Crippen LogP contribution >= 0.6 is 0 Å². The minimum atomic E-state index is -3.30. The van der Waals surface area contributed by atoms with E-state index in [0.717, 1.165) is 11.8 Å². The molecular formula is C18H15NO5S. The summed E-state index contributed by atoms with van der Waals surface area (Å²) in [5.41, 5.74) is 1.92. The lowest BCUT2D eigenvalue weighted by molar-refractivity contribution is -0.136. The van der Waals surface area contributed by atoms with Gasteiger partial charge in [-0.05, 0) is 24.3 Å². The second-order valence-corrected chi connectivity index (χ2v) is 7.53. The number of oxazole rings is 1. The molecule has 3 aromatic rings. The van der Waals surface area contributed by atoms with Crippen molar-refractivity contribution in [1.82, 2.24) is 4.98 Å². The van der Waals surface area contributed by atoms with E-state index in [2.05, 4.69) is 4.98 Å². The lowest BCUT2D eigenvalue weighted by atomic mass is 10.1. The second-order valence-electron chi connectivity index (χ2n) is 5.52. The number of aromatic nitrogens is 1. The monoisotopic (exact) mass is 357 g/mol. The van der Waals surface area contributed by atoms with E-state index in [4.69, 9.17) is 9.52 Å². The summed E-state index contributed by atoms with van der Waals surface area (Å²) in [4.78, 5) is 15.5. The molecular weight excluding hydrogens is 342 g/mol. The molecule has 0 saturated carbocycles. The molecule has 2 aromatic carbocycles. The molecule has 25 heavy (non-hydrogen) atoms. The molecule has 0 saturated heterocycles. The second kappa shape index (κ2) is 6.52. The van der Waals surface area contributed by atoms with E-state index in [9.17, 15) is 13.2 Å². The third kappa shape index (κ3) is 3.77. The SMILES string of the molecule is CS(=O)(=O)c1ccc(-c2oc(CC(=O)O)nc2-c2ccccc2)cc1. The maximum absolute atomic E-state index is 11.6. The molecule has 0 amide bonds. The van der Waals surface area contributed by atoms with Gasteiger partial charge in [0.2, 0.25) is 5.89 Å². The van der Waals surface area contributed by atoms with Crippen LogP contribution in [-0.2, 0) is 21.1 Å². The van der Waals surface area contributed by atoms with Gasteiger partial charge >= 0.3 is 5.97 Å². The molecule has 1 heterocycles. The van der Waals surface area contributed by atoms with Crippen molar-refractivity contribution in [2.75, 3.05) is 6.26 Å². The molecule has 7 heteroatoms. The Morgan fingerprint density at radius 1 is 1.04 bits per heavy atom. The van der Waals surface area contributed by atoms with E-state index in [1.165, 1.54) is 12.1 Å². The summed E-state index contributed by atoms with van der Waals surface area (Å²) in [5.74, 6) is -0.545. The van der Waals surface area contributed by atoms with E-state index < -0.39 is 15.8 Å². The van der Waals surface area contributed by atoms with Gasteiger partial charge in [-0.1, -0.05) is 30.3 Å². The zero-order valence-electron chi connectivity index (χ0n) is 13.3. The van der Waals surface area contributed by atoms with Crippen LogP contribution in [0.4, 0.5) is 0 Å². The third-order valence-corrected chi connectivity index (χ3v) is 4.69. The largest absolute Gasteiger partial charge is 0.481 e. The maximum Gasteiger partial charge on any atom is 0.312 e. The van der Waals surface area contributed by atoms with Gasteiger partial charge in [0.05, 0.1) is 4.90 Å². The average molecular weight is 357 g/mol. The number of carboxylic acid groups (broad SMARTS) is 1. The first-order chi connectivity index (χ1) is 11.8. The summed E-state index contributed by atoms with van der Waals surface area (Å²) in [6, 6.07) is 15.4. The zero-order valence-corrected chi connectivity index (χ0v) is 14.2. The molecule has 0 spiro atoms. The standard InChI is InChI=1S/C18H15NO5S/c1-25(22,23)14-9-7-13(8-10-14)18-17(12-5-3-2-4-6-12)19-15(24-18)11-16(20)21/h2-10H,11H2,1H3,(H,20,21). The Morgan fingerprint density at radius 3 is 2.24 bits per heavy atom. The molecule has 1 N–H and O–H groups in total. The van der Waals surface area contributed by atoms with Crippen molar-refractivity contribution >= 4 is 15.8 Å². The van der Waals surface area contributed by atoms with Crippen LogP contribution in [0.15, 0.2) is 63.9 Å². The van der Waals surface area contributed by atoms with Crippen molar-refractivity contribution < 1.29 is 22.7 Å².